The number of benzene rings is 2. The molecule has 0 bridgehead atoms. The highest BCUT2D eigenvalue weighted by atomic mass is 35.5. The molecule has 0 radical (unpaired) electrons. The highest BCUT2D eigenvalue weighted by molar-refractivity contribution is 7.92. The van der Waals surface area contributed by atoms with Gasteiger partial charge in [-0.3, -0.25) is 9.10 Å². The zero-order chi connectivity index (χ0) is 21.1. The van der Waals surface area contributed by atoms with Gasteiger partial charge in [-0.15, -0.1) is 0 Å². The Labute approximate surface area is 174 Å². The Morgan fingerprint density at radius 2 is 1.71 bits per heavy atom. The minimum atomic E-state index is -3.64. The van der Waals surface area contributed by atoms with Crippen molar-refractivity contribution in [2.45, 2.75) is 6.92 Å². The Morgan fingerprint density at radius 3 is 2.21 bits per heavy atom. The van der Waals surface area contributed by atoms with Gasteiger partial charge < -0.3 is 14.8 Å². The van der Waals surface area contributed by atoms with Gasteiger partial charge in [-0.25, -0.2) is 8.42 Å². The van der Waals surface area contributed by atoms with Gasteiger partial charge in [0.15, 0.2) is 11.5 Å². The van der Waals surface area contributed by atoms with Crippen LogP contribution in [-0.4, -0.2) is 41.3 Å². The highest BCUT2D eigenvalue weighted by Crippen LogP contribution is 2.37. The van der Waals surface area contributed by atoms with Crippen molar-refractivity contribution in [3.8, 4) is 11.5 Å². The number of carbonyl (C=O) groups is 1. The molecule has 0 aliphatic heterocycles. The van der Waals surface area contributed by atoms with Crippen LogP contribution in [0.5, 0.6) is 11.5 Å². The number of hydrogen-bond acceptors (Lipinski definition) is 5. The maximum absolute atomic E-state index is 13.0. The zero-order valence-electron chi connectivity index (χ0n) is 15.7. The fraction of sp³-hybridized carbons (Fsp3) is 0.278. The molecular formula is C18H20Cl2N2O5S. The van der Waals surface area contributed by atoms with Crippen molar-refractivity contribution in [2.75, 3.05) is 36.6 Å². The third kappa shape index (κ3) is 4.81. The fourth-order valence-electron chi connectivity index (χ4n) is 2.62. The van der Waals surface area contributed by atoms with E-state index in [4.69, 9.17) is 32.7 Å². The van der Waals surface area contributed by atoms with Crippen molar-refractivity contribution in [1.29, 1.82) is 0 Å². The lowest BCUT2D eigenvalue weighted by molar-refractivity contribution is 0.102. The predicted molar refractivity (Wildman–Crippen MR) is 112 cm³/mol. The lowest BCUT2D eigenvalue weighted by Gasteiger charge is -2.24. The standard InChI is InChI=1S/C18H20Cl2N2O5S/c1-5-22(28(4,24)25)15-10-17(27-3)16(26-2)9-12(15)18(23)21-14-7-6-11(19)8-13(14)20/h6-10H,5H2,1-4H3,(H,21,23). The lowest BCUT2D eigenvalue weighted by atomic mass is 10.1. The van der Waals surface area contributed by atoms with E-state index < -0.39 is 15.9 Å². The molecule has 10 heteroatoms. The molecular weight excluding hydrogens is 427 g/mol. The summed E-state index contributed by atoms with van der Waals surface area (Å²) in [6, 6.07) is 7.48. The topological polar surface area (TPSA) is 84.9 Å². The molecule has 2 rings (SSSR count). The van der Waals surface area contributed by atoms with Crippen molar-refractivity contribution in [2.24, 2.45) is 0 Å². The van der Waals surface area contributed by atoms with E-state index in [1.54, 1.807) is 19.1 Å². The van der Waals surface area contributed by atoms with Crippen LogP contribution in [0.1, 0.15) is 17.3 Å². The van der Waals surface area contributed by atoms with E-state index >= 15 is 0 Å². The van der Waals surface area contributed by atoms with Crippen molar-refractivity contribution >= 4 is 50.5 Å². The third-order valence-corrected chi connectivity index (χ3v) is 5.69. The maximum atomic E-state index is 13.0. The largest absolute Gasteiger partial charge is 0.493 e. The summed E-state index contributed by atoms with van der Waals surface area (Å²) in [6.45, 7) is 1.78. The van der Waals surface area contributed by atoms with Gasteiger partial charge >= 0.3 is 0 Å². The first-order valence-electron chi connectivity index (χ1n) is 8.12. The van der Waals surface area contributed by atoms with Crippen molar-refractivity contribution in [3.63, 3.8) is 0 Å². The van der Waals surface area contributed by atoms with Crippen molar-refractivity contribution < 1.29 is 22.7 Å². The van der Waals surface area contributed by atoms with Gasteiger partial charge in [0.1, 0.15) is 0 Å². The van der Waals surface area contributed by atoms with Gasteiger partial charge in [0.25, 0.3) is 5.91 Å². The Bertz CT molecular complexity index is 996. The molecule has 0 unspecified atom stereocenters. The molecule has 0 saturated heterocycles. The molecule has 0 aliphatic carbocycles. The quantitative estimate of drug-likeness (QED) is 0.693. The van der Waals surface area contributed by atoms with Crippen molar-refractivity contribution in [1.82, 2.24) is 0 Å². The van der Waals surface area contributed by atoms with Crippen LogP contribution >= 0.6 is 23.2 Å². The molecule has 0 aromatic heterocycles. The first kappa shape index (κ1) is 22.1. The summed E-state index contributed by atoms with van der Waals surface area (Å²) in [5.41, 5.74) is 0.570. The Hall–Kier alpha value is -2.16. The molecule has 7 nitrogen and oxygen atoms in total. The first-order valence-corrected chi connectivity index (χ1v) is 10.7. The van der Waals surface area contributed by atoms with Gasteiger partial charge in [0.05, 0.1) is 42.4 Å². The number of ether oxygens (including phenoxy) is 2. The second-order valence-corrected chi connectivity index (χ2v) is 8.48. The van der Waals surface area contributed by atoms with Crippen LogP contribution in [0.4, 0.5) is 11.4 Å². The lowest BCUT2D eigenvalue weighted by Crippen LogP contribution is -2.31. The van der Waals surface area contributed by atoms with Crippen LogP contribution in [0.15, 0.2) is 30.3 Å². The average Bonchev–Trinajstić information content (AvgIpc) is 2.62. The molecule has 1 amide bonds. The summed E-state index contributed by atoms with van der Waals surface area (Å²) in [6.07, 6.45) is 1.06. The number of sulfonamides is 1. The van der Waals surface area contributed by atoms with Crippen LogP contribution in [0.3, 0.4) is 0 Å². The number of carbonyl (C=O) groups excluding carboxylic acids is 1. The summed E-state index contributed by atoms with van der Waals surface area (Å²) >= 11 is 12.0. The van der Waals surface area contributed by atoms with E-state index in [1.807, 2.05) is 0 Å². The predicted octanol–water partition coefficient (Wildman–Crippen LogP) is 4.05. The van der Waals surface area contributed by atoms with Gasteiger partial charge in [0.2, 0.25) is 10.0 Å². The van der Waals surface area contributed by atoms with E-state index in [2.05, 4.69) is 5.32 Å². The average molecular weight is 447 g/mol. The van der Waals surface area contributed by atoms with Gasteiger partial charge in [0, 0.05) is 17.6 Å². The summed E-state index contributed by atoms with van der Waals surface area (Å²) in [5.74, 6) is 0.00566. The number of nitrogens with zero attached hydrogens (tertiary/aromatic N) is 1. The number of hydrogen-bond donors (Lipinski definition) is 1. The van der Waals surface area contributed by atoms with Gasteiger partial charge in [-0.1, -0.05) is 23.2 Å². The normalized spacial score (nSPS) is 11.1. The Kier molecular flexibility index (Phi) is 7.03. The highest BCUT2D eigenvalue weighted by Gasteiger charge is 2.25. The molecule has 1 N–H and O–H groups in total. The van der Waals surface area contributed by atoms with Crippen LogP contribution in [0, 0.1) is 0 Å². The number of anilines is 2. The van der Waals surface area contributed by atoms with Crippen LogP contribution in [0.25, 0.3) is 0 Å². The van der Waals surface area contributed by atoms with Crippen LogP contribution < -0.4 is 19.1 Å². The van der Waals surface area contributed by atoms with E-state index in [9.17, 15) is 13.2 Å². The molecule has 0 aliphatic rings. The SMILES string of the molecule is CCN(c1cc(OC)c(OC)cc1C(=O)Nc1ccc(Cl)cc1Cl)S(C)(=O)=O. The Morgan fingerprint density at radius 1 is 1.11 bits per heavy atom. The van der Waals surface area contributed by atoms with E-state index in [1.165, 1.54) is 32.4 Å². The molecule has 28 heavy (non-hydrogen) atoms. The second-order valence-electron chi connectivity index (χ2n) is 5.73. The number of amides is 1. The summed E-state index contributed by atoms with van der Waals surface area (Å²) in [4.78, 5) is 13.0. The number of rotatable bonds is 7. The zero-order valence-corrected chi connectivity index (χ0v) is 18.1. The second kappa shape index (κ2) is 8.89. The molecule has 152 valence electrons. The molecule has 0 saturated carbocycles. The molecule has 2 aromatic rings. The number of halogens is 2. The fourth-order valence-corrected chi connectivity index (χ4v) is 4.05. The number of nitrogens with one attached hydrogen (secondary N) is 1. The molecule has 0 fully saturated rings. The van der Waals surface area contributed by atoms with Gasteiger partial charge in [-0.2, -0.15) is 0 Å². The number of methoxy groups -OCH3 is 2. The maximum Gasteiger partial charge on any atom is 0.257 e. The third-order valence-electron chi connectivity index (χ3n) is 3.88. The Balaban J connectivity index is 2.61. The minimum absolute atomic E-state index is 0.0796. The van der Waals surface area contributed by atoms with Gasteiger partial charge in [-0.05, 0) is 31.2 Å². The summed E-state index contributed by atoms with van der Waals surface area (Å²) in [5, 5.41) is 3.33. The van der Waals surface area contributed by atoms with Crippen LogP contribution in [0.2, 0.25) is 10.0 Å². The van der Waals surface area contributed by atoms with E-state index in [0.717, 1.165) is 10.6 Å². The monoisotopic (exact) mass is 446 g/mol. The van der Waals surface area contributed by atoms with E-state index in [-0.39, 0.29) is 28.6 Å². The van der Waals surface area contributed by atoms with Crippen LogP contribution in [-0.2, 0) is 10.0 Å². The molecule has 0 atom stereocenters. The molecule has 0 heterocycles. The summed E-state index contributed by atoms with van der Waals surface area (Å²) < 4.78 is 36.1. The summed E-state index contributed by atoms with van der Waals surface area (Å²) in [7, 11) is -0.800. The first-order chi connectivity index (χ1) is 13.1. The minimum Gasteiger partial charge on any atom is -0.493 e. The molecule has 2 aromatic carbocycles. The van der Waals surface area contributed by atoms with E-state index in [0.29, 0.717) is 16.5 Å². The smallest absolute Gasteiger partial charge is 0.257 e. The molecule has 0 spiro atoms. The van der Waals surface area contributed by atoms with Crippen molar-refractivity contribution in [3.05, 3.63) is 45.9 Å².